The van der Waals surface area contributed by atoms with Gasteiger partial charge in [-0.2, -0.15) is 0 Å². The summed E-state index contributed by atoms with van der Waals surface area (Å²) in [6.45, 7) is 6.60. The Morgan fingerprint density at radius 3 is 2.53 bits per heavy atom. The van der Waals surface area contributed by atoms with E-state index in [9.17, 15) is 5.11 Å². The molecule has 0 saturated heterocycles. The number of halogens is 1. The highest BCUT2D eigenvalue weighted by Gasteiger charge is 2.20. The molecule has 1 rings (SSSR count). The summed E-state index contributed by atoms with van der Waals surface area (Å²) in [5.74, 6) is 1.14. The van der Waals surface area contributed by atoms with E-state index in [4.69, 9.17) is 0 Å². The summed E-state index contributed by atoms with van der Waals surface area (Å²) in [6.07, 6.45) is 5.14. The normalized spacial score (nSPS) is 14.7. The first-order valence-electron chi connectivity index (χ1n) is 5.83. The lowest BCUT2D eigenvalue weighted by Gasteiger charge is -2.24. The minimum Gasteiger partial charge on any atom is -0.388 e. The molecule has 0 aromatic carbocycles. The maximum atomic E-state index is 10.2. The van der Waals surface area contributed by atoms with Crippen molar-refractivity contribution in [3.05, 3.63) is 16.9 Å². The Labute approximate surface area is 111 Å². The van der Waals surface area contributed by atoms with Gasteiger partial charge in [-0.05, 0) is 41.6 Å². The smallest absolute Gasteiger partial charge is 0.222 e. The van der Waals surface area contributed by atoms with Crippen LogP contribution in [0.1, 0.15) is 33.6 Å². The van der Waals surface area contributed by atoms with E-state index in [2.05, 4.69) is 45.1 Å². The van der Waals surface area contributed by atoms with Crippen molar-refractivity contribution in [1.82, 2.24) is 9.97 Å². The van der Waals surface area contributed by atoms with Crippen LogP contribution >= 0.6 is 15.9 Å². The predicted molar refractivity (Wildman–Crippen MR) is 72.9 cm³/mol. The minimum atomic E-state index is -0.722. The molecular weight excluding hydrogens is 282 g/mol. The maximum Gasteiger partial charge on any atom is 0.222 e. The van der Waals surface area contributed by atoms with Crippen LogP contribution in [0.5, 0.6) is 0 Å². The third kappa shape index (κ3) is 5.98. The SMILES string of the molecule is CC(C)CC[C@@](C)(O)CNc1ncc(Br)cn1. The van der Waals surface area contributed by atoms with Gasteiger partial charge in [0.1, 0.15) is 0 Å². The van der Waals surface area contributed by atoms with Crippen molar-refractivity contribution in [2.24, 2.45) is 5.92 Å². The topological polar surface area (TPSA) is 58.0 Å². The quantitative estimate of drug-likeness (QED) is 0.848. The van der Waals surface area contributed by atoms with Gasteiger partial charge in [-0.3, -0.25) is 0 Å². The van der Waals surface area contributed by atoms with E-state index >= 15 is 0 Å². The lowest BCUT2D eigenvalue weighted by Crippen LogP contribution is -2.34. The van der Waals surface area contributed by atoms with Crippen LogP contribution < -0.4 is 5.32 Å². The van der Waals surface area contributed by atoms with Crippen LogP contribution in [0.4, 0.5) is 5.95 Å². The summed E-state index contributed by atoms with van der Waals surface area (Å²) in [4.78, 5) is 8.19. The molecule has 1 aromatic heterocycles. The first-order chi connectivity index (χ1) is 7.89. The van der Waals surface area contributed by atoms with Crippen molar-refractivity contribution in [3.8, 4) is 0 Å². The summed E-state index contributed by atoms with van der Waals surface area (Å²) in [5, 5.41) is 13.2. The Kier molecular flexibility index (Phi) is 5.33. The van der Waals surface area contributed by atoms with Gasteiger partial charge in [0.25, 0.3) is 0 Å². The van der Waals surface area contributed by atoms with Crippen LogP contribution in [0.2, 0.25) is 0 Å². The summed E-state index contributed by atoms with van der Waals surface area (Å²) >= 11 is 3.27. The highest BCUT2D eigenvalue weighted by Crippen LogP contribution is 2.17. The molecule has 0 spiro atoms. The number of rotatable bonds is 6. The highest BCUT2D eigenvalue weighted by molar-refractivity contribution is 9.10. The Balaban J connectivity index is 2.40. The Morgan fingerprint density at radius 1 is 1.41 bits per heavy atom. The second-order valence-electron chi connectivity index (χ2n) is 5.01. The van der Waals surface area contributed by atoms with Gasteiger partial charge in [-0.25, -0.2) is 9.97 Å². The van der Waals surface area contributed by atoms with Crippen molar-refractivity contribution in [3.63, 3.8) is 0 Å². The van der Waals surface area contributed by atoms with Crippen molar-refractivity contribution >= 4 is 21.9 Å². The fraction of sp³-hybridized carbons (Fsp3) is 0.667. The van der Waals surface area contributed by atoms with Crippen LogP contribution in [0.3, 0.4) is 0 Å². The van der Waals surface area contributed by atoms with Crippen LogP contribution in [0.25, 0.3) is 0 Å². The third-order valence-corrected chi connectivity index (χ3v) is 2.92. The molecular formula is C12H20BrN3O. The van der Waals surface area contributed by atoms with Gasteiger partial charge in [0.05, 0.1) is 10.1 Å². The predicted octanol–water partition coefficient (Wildman–Crippen LogP) is 2.84. The van der Waals surface area contributed by atoms with Gasteiger partial charge < -0.3 is 10.4 Å². The number of aromatic nitrogens is 2. The summed E-state index contributed by atoms with van der Waals surface area (Å²) < 4.78 is 0.842. The molecule has 0 aliphatic heterocycles. The maximum absolute atomic E-state index is 10.2. The first kappa shape index (κ1) is 14.4. The zero-order chi connectivity index (χ0) is 12.9. The summed E-state index contributed by atoms with van der Waals surface area (Å²) in [7, 11) is 0. The Bertz CT molecular complexity index is 338. The second kappa shape index (κ2) is 6.31. The van der Waals surface area contributed by atoms with Gasteiger partial charge >= 0.3 is 0 Å². The molecule has 0 aliphatic rings. The number of hydrogen-bond donors (Lipinski definition) is 2. The fourth-order valence-electron chi connectivity index (χ4n) is 1.36. The van der Waals surface area contributed by atoms with Crippen molar-refractivity contribution < 1.29 is 5.11 Å². The number of anilines is 1. The molecule has 1 atom stereocenters. The van der Waals surface area contributed by atoms with Crippen LogP contribution in [0.15, 0.2) is 16.9 Å². The molecule has 0 unspecified atom stereocenters. The van der Waals surface area contributed by atoms with Crippen molar-refractivity contribution in [2.45, 2.75) is 39.2 Å². The van der Waals surface area contributed by atoms with E-state index in [1.54, 1.807) is 12.4 Å². The fourth-order valence-corrected chi connectivity index (χ4v) is 1.57. The molecule has 0 fully saturated rings. The molecule has 17 heavy (non-hydrogen) atoms. The molecule has 2 N–H and O–H groups in total. The monoisotopic (exact) mass is 301 g/mol. The lowest BCUT2D eigenvalue weighted by atomic mass is 9.95. The largest absolute Gasteiger partial charge is 0.388 e. The van der Waals surface area contributed by atoms with Gasteiger partial charge in [-0.1, -0.05) is 13.8 Å². The number of aliphatic hydroxyl groups is 1. The van der Waals surface area contributed by atoms with Gasteiger partial charge in [0.2, 0.25) is 5.95 Å². The van der Waals surface area contributed by atoms with E-state index in [1.807, 2.05) is 6.92 Å². The Morgan fingerprint density at radius 2 is 2.00 bits per heavy atom. The van der Waals surface area contributed by atoms with E-state index in [1.165, 1.54) is 0 Å². The molecule has 5 heteroatoms. The molecule has 0 bridgehead atoms. The summed E-state index contributed by atoms with van der Waals surface area (Å²) in [5.41, 5.74) is -0.722. The first-order valence-corrected chi connectivity index (χ1v) is 6.62. The standard InChI is InChI=1S/C12H20BrN3O/c1-9(2)4-5-12(3,17)8-16-11-14-6-10(13)7-15-11/h6-7,9,17H,4-5,8H2,1-3H3,(H,14,15,16)/t12-/m1/s1. The third-order valence-electron chi connectivity index (χ3n) is 2.51. The zero-order valence-corrected chi connectivity index (χ0v) is 12.2. The molecule has 96 valence electrons. The van der Waals surface area contributed by atoms with E-state index in [0.29, 0.717) is 18.4 Å². The van der Waals surface area contributed by atoms with E-state index in [-0.39, 0.29) is 0 Å². The number of nitrogens with one attached hydrogen (secondary N) is 1. The Hall–Kier alpha value is -0.680. The van der Waals surface area contributed by atoms with Crippen LogP contribution in [-0.2, 0) is 0 Å². The number of hydrogen-bond acceptors (Lipinski definition) is 4. The van der Waals surface area contributed by atoms with Crippen LogP contribution in [-0.4, -0.2) is 27.2 Å². The van der Waals surface area contributed by atoms with Crippen LogP contribution in [0, 0.1) is 5.92 Å². The zero-order valence-electron chi connectivity index (χ0n) is 10.6. The van der Waals surface area contributed by atoms with Gasteiger partial charge in [-0.15, -0.1) is 0 Å². The lowest BCUT2D eigenvalue weighted by molar-refractivity contribution is 0.0584. The van der Waals surface area contributed by atoms with Gasteiger partial charge in [0.15, 0.2) is 0 Å². The second-order valence-corrected chi connectivity index (χ2v) is 5.92. The van der Waals surface area contributed by atoms with E-state index in [0.717, 1.165) is 17.3 Å². The van der Waals surface area contributed by atoms with Crippen molar-refractivity contribution in [2.75, 3.05) is 11.9 Å². The average molecular weight is 302 g/mol. The van der Waals surface area contributed by atoms with Gasteiger partial charge in [0, 0.05) is 18.9 Å². The molecule has 0 radical (unpaired) electrons. The average Bonchev–Trinajstić information content (AvgIpc) is 2.26. The molecule has 4 nitrogen and oxygen atoms in total. The van der Waals surface area contributed by atoms with Crippen molar-refractivity contribution in [1.29, 1.82) is 0 Å². The molecule has 0 aliphatic carbocycles. The molecule has 1 heterocycles. The van der Waals surface area contributed by atoms with E-state index < -0.39 is 5.60 Å². The minimum absolute atomic E-state index is 0.460. The number of nitrogens with zero attached hydrogens (tertiary/aromatic N) is 2. The molecule has 1 aromatic rings. The highest BCUT2D eigenvalue weighted by atomic mass is 79.9. The summed E-state index contributed by atoms with van der Waals surface area (Å²) in [6, 6.07) is 0. The molecule has 0 saturated carbocycles. The molecule has 0 amide bonds.